The van der Waals surface area contributed by atoms with Crippen LogP contribution in [-0.2, 0) is 4.79 Å². The fraction of sp³-hybridized carbons (Fsp3) is 0.444. The molecule has 88 valence electrons. The van der Waals surface area contributed by atoms with Gasteiger partial charge in [0.15, 0.2) is 0 Å². The highest BCUT2D eigenvalue weighted by atomic mass is 16.2. The zero-order valence-corrected chi connectivity index (χ0v) is 9.01. The third-order valence-electron chi connectivity index (χ3n) is 2.26. The molecule has 0 aromatic carbocycles. The Hall–Kier alpha value is -1.89. The number of nitrogens with one attached hydrogen (secondary N) is 1. The SMILES string of the molecule is CC(CCC(=O)NN)n1ccc(C(N)=O)n1. The number of nitrogens with zero attached hydrogens (tertiary/aromatic N) is 2. The summed E-state index contributed by atoms with van der Waals surface area (Å²) in [6.07, 6.45) is 2.55. The molecule has 0 aliphatic carbocycles. The molecule has 1 unspecified atom stereocenters. The smallest absolute Gasteiger partial charge is 0.269 e. The van der Waals surface area contributed by atoms with Gasteiger partial charge in [0.25, 0.3) is 5.91 Å². The van der Waals surface area contributed by atoms with E-state index in [0.29, 0.717) is 12.8 Å². The lowest BCUT2D eigenvalue weighted by Gasteiger charge is -2.10. The van der Waals surface area contributed by atoms with E-state index in [1.54, 1.807) is 16.9 Å². The molecule has 16 heavy (non-hydrogen) atoms. The molecule has 0 saturated heterocycles. The highest BCUT2D eigenvalue weighted by Crippen LogP contribution is 2.12. The van der Waals surface area contributed by atoms with Crippen molar-refractivity contribution in [3.63, 3.8) is 0 Å². The van der Waals surface area contributed by atoms with E-state index in [0.717, 1.165) is 0 Å². The Morgan fingerprint density at radius 3 is 2.81 bits per heavy atom. The molecule has 0 aliphatic rings. The van der Waals surface area contributed by atoms with Gasteiger partial charge < -0.3 is 5.73 Å². The molecular formula is C9H15N5O2. The van der Waals surface area contributed by atoms with Gasteiger partial charge in [0, 0.05) is 18.7 Å². The van der Waals surface area contributed by atoms with E-state index in [-0.39, 0.29) is 17.6 Å². The molecule has 0 radical (unpaired) electrons. The normalized spacial score (nSPS) is 12.1. The van der Waals surface area contributed by atoms with Crippen molar-refractivity contribution in [1.29, 1.82) is 0 Å². The summed E-state index contributed by atoms with van der Waals surface area (Å²) in [5.41, 5.74) is 7.35. The molecule has 0 aliphatic heterocycles. The maximum absolute atomic E-state index is 10.9. The summed E-state index contributed by atoms with van der Waals surface area (Å²) >= 11 is 0. The third kappa shape index (κ3) is 3.06. The molecule has 2 amide bonds. The van der Waals surface area contributed by atoms with Crippen LogP contribution >= 0.6 is 0 Å². The summed E-state index contributed by atoms with van der Waals surface area (Å²) < 4.78 is 1.60. The maximum atomic E-state index is 10.9. The van der Waals surface area contributed by atoms with E-state index in [4.69, 9.17) is 11.6 Å². The first-order valence-corrected chi connectivity index (χ1v) is 4.89. The van der Waals surface area contributed by atoms with Crippen molar-refractivity contribution in [1.82, 2.24) is 15.2 Å². The zero-order chi connectivity index (χ0) is 12.1. The lowest BCUT2D eigenvalue weighted by molar-refractivity contribution is -0.121. The fourth-order valence-electron chi connectivity index (χ4n) is 1.26. The van der Waals surface area contributed by atoms with Gasteiger partial charge in [0.2, 0.25) is 5.91 Å². The number of primary amides is 1. The van der Waals surface area contributed by atoms with Gasteiger partial charge in [0.05, 0.1) is 0 Å². The van der Waals surface area contributed by atoms with Crippen molar-refractivity contribution in [2.24, 2.45) is 11.6 Å². The Morgan fingerprint density at radius 1 is 1.62 bits per heavy atom. The Kier molecular flexibility index (Phi) is 4.01. The van der Waals surface area contributed by atoms with Crippen LogP contribution in [0.2, 0.25) is 0 Å². The maximum Gasteiger partial charge on any atom is 0.269 e. The molecule has 7 heteroatoms. The highest BCUT2D eigenvalue weighted by molar-refractivity contribution is 5.90. The molecule has 1 aromatic rings. The van der Waals surface area contributed by atoms with Gasteiger partial charge in [-0.1, -0.05) is 0 Å². The van der Waals surface area contributed by atoms with Gasteiger partial charge in [0.1, 0.15) is 5.69 Å². The molecule has 1 atom stereocenters. The van der Waals surface area contributed by atoms with E-state index in [9.17, 15) is 9.59 Å². The molecule has 0 spiro atoms. The summed E-state index contributed by atoms with van der Waals surface area (Å²) in [5.74, 6) is 4.17. The van der Waals surface area contributed by atoms with Crippen LogP contribution in [0.3, 0.4) is 0 Å². The number of carbonyl (C=O) groups excluding carboxylic acids is 2. The summed E-state index contributed by atoms with van der Waals surface area (Å²) in [4.78, 5) is 21.7. The third-order valence-corrected chi connectivity index (χ3v) is 2.26. The van der Waals surface area contributed by atoms with Crippen LogP contribution in [0.25, 0.3) is 0 Å². The average molecular weight is 225 g/mol. The van der Waals surface area contributed by atoms with Gasteiger partial charge in [-0.05, 0) is 19.4 Å². The van der Waals surface area contributed by atoms with Crippen molar-refractivity contribution in [2.45, 2.75) is 25.8 Å². The quantitative estimate of drug-likeness (QED) is 0.349. The number of carbonyl (C=O) groups is 2. The first-order chi connectivity index (χ1) is 7.54. The van der Waals surface area contributed by atoms with Crippen LogP contribution in [0.15, 0.2) is 12.3 Å². The zero-order valence-electron chi connectivity index (χ0n) is 9.01. The number of hydrogen-bond donors (Lipinski definition) is 3. The summed E-state index contributed by atoms with van der Waals surface area (Å²) in [6.45, 7) is 1.89. The van der Waals surface area contributed by atoms with Crippen molar-refractivity contribution < 1.29 is 9.59 Å². The minimum Gasteiger partial charge on any atom is -0.364 e. The topological polar surface area (TPSA) is 116 Å². The standard InChI is InChI=1S/C9H15N5O2/c1-6(2-3-8(15)12-11)14-5-4-7(13-14)9(10)16/h4-6H,2-3,11H2,1H3,(H2,10,16)(H,12,15). The Morgan fingerprint density at radius 2 is 2.31 bits per heavy atom. The molecule has 0 bridgehead atoms. The van der Waals surface area contributed by atoms with Crippen LogP contribution in [0.5, 0.6) is 0 Å². The molecule has 1 aromatic heterocycles. The van der Waals surface area contributed by atoms with Crippen LogP contribution in [0, 0.1) is 0 Å². The van der Waals surface area contributed by atoms with Crippen molar-refractivity contribution in [3.8, 4) is 0 Å². The van der Waals surface area contributed by atoms with Crippen LogP contribution in [0.1, 0.15) is 36.3 Å². The summed E-state index contributed by atoms with van der Waals surface area (Å²) in [6, 6.07) is 1.55. The Balaban J connectivity index is 2.55. The number of hydrazine groups is 1. The predicted octanol–water partition coefficient (Wildman–Crippen LogP) is -0.687. The number of aromatic nitrogens is 2. The number of hydrogen-bond acceptors (Lipinski definition) is 4. The lowest BCUT2D eigenvalue weighted by Crippen LogP contribution is -2.30. The second kappa shape index (κ2) is 5.26. The van der Waals surface area contributed by atoms with Gasteiger partial charge in [-0.25, -0.2) is 5.84 Å². The molecule has 1 heterocycles. The van der Waals surface area contributed by atoms with Crippen LogP contribution < -0.4 is 17.0 Å². The van der Waals surface area contributed by atoms with Crippen LogP contribution in [0.4, 0.5) is 0 Å². The van der Waals surface area contributed by atoms with Gasteiger partial charge in [-0.3, -0.25) is 19.7 Å². The molecular weight excluding hydrogens is 210 g/mol. The average Bonchev–Trinajstić information content (AvgIpc) is 2.74. The molecule has 1 rings (SSSR count). The monoisotopic (exact) mass is 225 g/mol. The summed E-state index contributed by atoms with van der Waals surface area (Å²) in [7, 11) is 0. The minimum absolute atomic E-state index is 0.00500. The van der Waals surface area contributed by atoms with Gasteiger partial charge in [-0.2, -0.15) is 5.10 Å². The van der Waals surface area contributed by atoms with E-state index in [1.165, 1.54) is 0 Å². The second-order valence-electron chi connectivity index (χ2n) is 3.50. The molecule has 5 N–H and O–H groups in total. The van der Waals surface area contributed by atoms with E-state index in [1.807, 2.05) is 6.92 Å². The lowest BCUT2D eigenvalue weighted by atomic mass is 10.2. The van der Waals surface area contributed by atoms with Gasteiger partial charge in [-0.15, -0.1) is 0 Å². The molecule has 7 nitrogen and oxygen atoms in total. The number of amides is 2. The highest BCUT2D eigenvalue weighted by Gasteiger charge is 2.11. The fourth-order valence-corrected chi connectivity index (χ4v) is 1.26. The van der Waals surface area contributed by atoms with Gasteiger partial charge >= 0.3 is 0 Å². The first kappa shape index (κ1) is 12.2. The van der Waals surface area contributed by atoms with Crippen LogP contribution in [-0.4, -0.2) is 21.6 Å². The van der Waals surface area contributed by atoms with E-state index < -0.39 is 5.91 Å². The largest absolute Gasteiger partial charge is 0.364 e. The van der Waals surface area contributed by atoms with Crippen molar-refractivity contribution >= 4 is 11.8 Å². The Labute approximate surface area is 92.8 Å². The first-order valence-electron chi connectivity index (χ1n) is 4.89. The number of rotatable bonds is 5. The minimum atomic E-state index is -0.564. The number of nitrogens with two attached hydrogens (primary N) is 2. The summed E-state index contributed by atoms with van der Waals surface area (Å²) in [5, 5.41) is 3.99. The Bertz CT molecular complexity index is 387. The van der Waals surface area contributed by atoms with E-state index >= 15 is 0 Å². The second-order valence-corrected chi connectivity index (χ2v) is 3.50. The van der Waals surface area contributed by atoms with Crippen molar-refractivity contribution in [3.05, 3.63) is 18.0 Å². The predicted molar refractivity (Wildman–Crippen MR) is 57.0 cm³/mol. The molecule has 0 fully saturated rings. The van der Waals surface area contributed by atoms with Crippen molar-refractivity contribution in [2.75, 3.05) is 0 Å². The van der Waals surface area contributed by atoms with E-state index in [2.05, 4.69) is 10.5 Å². The molecule has 0 saturated carbocycles.